The lowest BCUT2D eigenvalue weighted by atomic mass is 10.0. The first kappa shape index (κ1) is 12.8. The maximum Gasteiger partial charge on any atom is 0.253 e. The van der Waals surface area contributed by atoms with Crippen LogP contribution in [0.15, 0.2) is 34.0 Å². The summed E-state index contributed by atoms with van der Waals surface area (Å²) < 4.78 is 27.3. The normalized spacial score (nSPS) is 21.6. The minimum Gasteiger partial charge on any atom is -0.281 e. The van der Waals surface area contributed by atoms with Crippen molar-refractivity contribution in [3.05, 3.63) is 35.5 Å². The summed E-state index contributed by atoms with van der Waals surface area (Å²) in [6, 6.07) is 5.17. The van der Waals surface area contributed by atoms with Gasteiger partial charge in [-0.05, 0) is 30.4 Å². The van der Waals surface area contributed by atoms with Crippen LogP contribution in [0, 0.1) is 0 Å². The van der Waals surface area contributed by atoms with E-state index in [0.29, 0.717) is 10.8 Å². The van der Waals surface area contributed by atoms with Crippen molar-refractivity contribution in [2.75, 3.05) is 6.54 Å². The van der Waals surface area contributed by atoms with E-state index in [1.54, 1.807) is 28.0 Å². The zero-order chi connectivity index (χ0) is 13.3. The molecule has 2 aromatic rings. The van der Waals surface area contributed by atoms with Gasteiger partial charge < -0.3 is 0 Å². The largest absolute Gasteiger partial charge is 0.281 e. The standard InChI is InChI=1S/C12H15N3O2S2/c16-19(17,12-5-3-9-18-12)15-8-2-1-4-11(15)10-6-7-13-14-10/h3,5-7,9,11H,1-2,4,8H2,(H,13,14)/t11-/m0/s1. The number of nitrogens with one attached hydrogen (secondary N) is 1. The van der Waals surface area contributed by atoms with Gasteiger partial charge in [-0.1, -0.05) is 12.5 Å². The maximum atomic E-state index is 12.7. The minimum atomic E-state index is -3.39. The number of nitrogens with zero attached hydrogens (tertiary/aromatic N) is 2. The lowest BCUT2D eigenvalue weighted by molar-refractivity contribution is 0.252. The second-order valence-electron chi connectivity index (χ2n) is 4.57. The van der Waals surface area contributed by atoms with Crippen LogP contribution >= 0.6 is 11.3 Å². The molecule has 0 spiro atoms. The highest BCUT2D eigenvalue weighted by Gasteiger charge is 2.35. The quantitative estimate of drug-likeness (QED) is 0.946. The molecule has 102 valence electrons. The second kappa shape index (κ2) is 5.07. The van der Waals surface area contributed by atoms with Gasteiger partial charge in [0.15, 0.2) is 0 Å². The highest BCUT2D eigenvalue weighted by atomic mass is 32.2. The number of aromatic amines is 1. The third kappa shape index (κ3) is 2.33. The van der Waals surface area contributed by atoms with Gasteiger partial charge in [-0.15, -0.1) is 11.3 Å². The van der Waals surface area contributed by atoms with Crippen molar-refractivity contribution >= 4 is 21.4 Å². The van der Waals surface area contributed by atoms with Crippen molar-refractivity contribution < 1.29 is 8.42 Å². The van der Waals surface area contributed by atoms with Gasteiger partial charge in [0.1, 0.15) is 4.21 Å². The monoisotopic (exact) mass is 297 g/mol. The number of sulfonamides is 1. The van der Waals surface area contributed by atoms with Crippen LogP contribution in [0.1, 0.15) is 31.0 Å². The number of aromatic nitrogens is 2. The van der Waals surface area contributed by atoms with E-state index in [4.69, 9.17) is 0 Å². The molecule has 1 fully saturated rings. The highest BCUT2D eigenvalue weighted by molar-refractivity contribution is 7.91. The Kier molecular flexibility index (Phi) is 3.42. The molecule has 1 N–H and O–H groups in total. The van der Waals surface area contributed by atoms with Gasteiger partial charge in [0.25, 0.3) is 10.0 Å². The maximum absolute atomic E-state index is 12.7. The number of thiophene rings is 1. The molecule has 1 aliphatic rings. The summed E-state index contributed by atoms with van der Waals surface area (Å²) in [4.78, 5) is 0. The van der Waals surface area contributed by atoms with Gasteiger partial charge in [-0.25, -0.2) is 8.42 Å². The Balaban J connectivity index is 1.97. The molecule has 7 heteroatoms. The van der Waals surface area contributed by atoms with Crippen molar-refractivity contribution in [2.24, 2.45) is 0 Å². The van der Waals surface area contributed by atoms with Crippen LogP contribution in [-0.4, -0.2) is 29.5 Å². The van der Waals surface area contributed by atoms with Crippen LogP contribution in [0.4, 0.5) is 0 Å². The van der Waals surface area contributed by atoms with E-state index in [1.165, 1.54) is 11.3 Å². The molecule has 3 rings (SSSR count). The zero-order valence-electron chi connectivity index (χ0n) is 10.3. The number of H-pyrrole nitrogens is 1. The molecule has 2 aromatic heterocycles. The molecule has 3 heterocycles. The zero-order valence-corrected chi connectivity index (χ0v) is 12.0. The molecule has 5 nitrogen and oxygen atoms in total. The summed E-state index contributed by atoms with van der Waals surface area (Å²) in [6.45, 7) is 0.573. The Bertz CT molecular complexity index is 620. The smallest absolute Gasteiger partial charge is 0.253 e. The Morgan fingerprint density at radius 1 is 1.37 bits per heavy atom. The average Bonchev–Trinajstić information content (AvgIpc) is 3.12. The lowest BCUT2D eigenvalue weighted by Crippen LogP contribution is -2.38. The van der Waals surface area contributed by atoms with Crippen LogP contribution < -0.4 is 0 Å². The number of piperidine rings is 1. The Morgan fingerprint density at radius 2 is 2.26 bits per heavy atom. The van der Waals surface area contributed by atoms with E-state index >= 15 is 0 Å². The SMILES string of the molecule is O=S(=O)(c1cccs1)N1CCCC[C@H]1c1ccn[nH]1. The first-order valence-corrected chi connectivity index (χ1v) is 8.56. The van der Waals surface area contributed by atoms with Crippen molar-refractivity contribution in [1.82, 2.24) is 14.5 Å². The lowest BCUT2D eigenvalue weighted by Gasteiger charge is -2.33. The fraction of sp³-hybridized carbons (Fsp3) is 0.417. The van der Waals surface area contributed by atoms with Gasteiger partial charge in [0, 0.05) is 12.7 Å². The fourth-order valence-electron chi connectivity index (χ4n) is 2.48. The number of rotatable bonds is 3. The van der Waals surface area contributed by atoms with E-state index in [-0.39, 0.29) is 6.04 Å². The first-order valence-electron chi connectivity index (χ1n) is 6.24. The summed E-state index contributed by atoms with van der Waals surface area (Å²) >= 11 is 1.27. The molecule has 0 radical (unpaired) electrons. The Hall–Kier alpha value is -1.18. The molecule has 0 unspecified atom stereocenters. The summed E-state index contributed by atoms with van der Waals surface area (Å²) in [6.07, 6.45) is 4.46. The topological polar surface area (TPSA) is 66.1 Å². The molecular formula is C12H15N3O2S2. The number of hydrogen-bond acceptors (Lipinski definition) is 4. The van der Waals surface area contributed by atoms with Crippen LogP contribution in [0.3, 0.4) is 0 Å². The molecule has 0 saturated carbocycles. The molecule has 19 heavy (non-hydrogen) atoms. The van der Waals surface area contributed by atoms with Crippen molar-refractivity contribution in [2.45, 2.75) is 29.5 Å². The van der Waals surface area contributed by atoms with E-state index in [1.807, 2.05) is 6.07 Å². The summed E-state index contributed by atoms with van der Waals surface area (Å²) in [5.41, 5.74) is 0.875. The molecule has 1 saturated heterocycles. The van der Waals surface area contributed by atoms with Gasteiger partial charge in [0.05, 0.1) is 11.7 Å². The van der Waals surface area contributed by atoms with Crippen molar-refractivity contribution in [3.63, 3.8) is 0 Å². The second-order valence-corrected chi connectivity index (χ2v) is 7.64. The van der Waals surface area contributed by atoms with Crippen molar-refractivity contribution in [1.29, 1.82) is 0 Å². The van der Waals surface area contributed by atoms with Crippen LogP contribution in [0.2, 0.25) is 0 Å². The van der Waals surface area contributed by atoms with Gasteiger partial charge >= 0.3 is 0 Å². The third-order valence-electron chi connectivity index (χ3n) is 3.39. The molecule has 0 bridgehead atoms. The molecule has 0 amide bonds. The van der Waals surface area contributed by atoms with Crippen LogP contribution in [-0.2, 0) is 10.0 Å². The van der Waals surface area contributed by atoms with Gasteiger partial charge in [0.2, 0.25) is 0 Å². The highest BCUT2D eigenvalue weighted by Crippen LogP contribution is 2.35. The minimum absolute atomic E-state index is 0.122. The van der Waals surface area contributed by atoms with E-state index < -0.39 is 10.0 Å². The predicted molar refractivity (Wildman–Crippen MR) is 73.4 cm³/mol. The molecule has 1 atom stereocenters. The van der Waals surface area contributed by atoms with E-state index in [9.17, 15) is 8.42 Å². The predicted octanol–water partition coefficient (Wildman–Crippen LogP) is 2.39. The fourth-order valence-corrected chi connectivity index (χ4v) is 5.28. The Morgan fingerprint density at radius 3 is 2.95 bits per heavy atom. The summed E-state index contributed by atoms with van der Waals surface area (Å²) in [5.74, 6) is 0. The molecule has 0 aliphatic carbocycles. The molecular weight excluding hydrogens is 282 g/mol. The van der Waals surface area contributed by atoms with Gasteiger partial charge in [-0.2, -0.15) is 9.40 Å². The van der Waals surface area contributed by atoms with Crippen LogP contribution in [0.5, 0.6) is 0 Å². The average molecular weight is 297 g/mol. The van der Waals surface area contributed by atoms with E-state index in [2.05, 4.69) is 10.2 Å². The number of hydrogen-bond donors (Lipinski definition) is 1. The molecule has 0 aromatic carbocycles. The van der Waals surface area contributed by atoms with Gasteiger partial charge in [-0.3, -0.25) is 5.10 Å². The Labute approximate surface area is 116 Å². The van der Waals surface area contributed by atoms with Crippen LogP contribution in [0.25, 0.3) is 0 Å². The third-order valence-corrected chi connectivity index (χ3v) is 6.67. The molecule has 1 aliphatic heterocycles. The first-order chi connectivity index (χ1) is 9.19. The van der Waals surface area contributed by atoms with Crippen molar-refractivity contribution in [3.8, 4) is 0 Å². The summed E-state index contributed by atoms with van der Waals surface area (Å²) in [7, 11) is -3.39. The summed E-state index contributed by atoms with van der Waals surface area (Å²) in [5, 5.41) is 8.63. The van der Waals surface area contributed by atoms with E-state index in [0.717, 1.165) is 25.0 Å².